The zero-order valence-electron chi connectivity index (χ0n) is 11.5. The average molecular weight is 388 g/mol. The van der Waals surface area contributed by atoms with E-state index in [0.29, 0.717) is 21.4 Å². The highest BCUT2D eigenvalue weighted by Gasteiger charge is 2.19. The van der Waals surface area contributed by atoms with Crippen molar-refractivity contribution in [3.63, 3.8) is 0 Å². The molecule has 0 amide bonds. The topological polar surface area (TPSA) is 26.3 Å². The Labute approximate surface area is 142 Å². The highest BCUT2D eigenvalue weighted by Crippen LogP contribution is 2.33. The van der Waals surface area contributed by atoms with Gasteiger partial charge in [-0.15, -0.1) is 0 Å². The molecule has 0 radical (unpaired) electrons. The van der Waals surface area contributed by atoms with E-state index in [4.69, 9.17) is 27.9 Å². The first-order valence-electron chi connectivity index (χ1n) is 6.30. The van der Waals surface area contributed by atoms with E-state index >= 15 is 0 Å². The molecule has 0 heterocycles. The fourth-order valence-corrected chi connectivity index (χ4v) is 3.15. The molecule has 2 aromatic rings. The number of aryl methyl sites for hydroxylation is 1. The van der Waals surface area contributed by atoms with Crippen LogP contribution in [0.3, 0.4) is 0 Å². The molecule has 2 aromatic carbocycles. The molecule has 0 fully saturated rings. The minimum Gasteiger partial charge on any atom is -0.481 e. The average Bonchev–Trinajstić information content (AvgIpc) is 2.41. The van der Waals surface area contributed by atoms with Crippen LogP contribution in [0, 0.1) is 6.92 Å². The fourth-order valence-electron chi connectivity index (χ4n) is 1.95. The van der Waals surface area contributed by atoms with Gasteiger partial charge >= 0.3 is 0 Å². The van der Waals surface area contributed by atoms with Crippen LogP contribution in [0.25, 0.3) is 0 Å². The minimum atomic E-state index is -0.652. The molecule has 0 N–H and O–H groups in total. The molecule has 0 aliphatic rings. The molecule has 0 saturated heterocycles. The molecule has 0 spiro atoms. The lowest BCUT2D eigenvalue weighted by Crippen LogP contribution is -2.24. The Morgan fingerprint density at radius 1 is 1.24 bits per heavy atom. The van der Waals surface area contributed by atoms with Gasteiger partial charge in [0.2, 0.25) is 5.78 Å². The molecule has 0 aromatic heterocycles. The Balaban J connectivity index is 2.22. The Hall–Kier alpha value is -1.03. The number of hydrogen-bond acceptors (Lipinski definition) is 2. The Kier molecular flexibility index (Phi) is 5.31. The lowest BCUT2D eigenvalue weighted by Gasteiger charge is -2.17. The Morgan fingerprint density at radius 3 is 2.57 bits per heavy atom. The summed E-state index contributed by atoms with van der Waals surface area (Å²) in [6.45, 7) is 3.57. The molecule has 0 saturated carbocycles. The molecule has 0 aliphatic carbocycles. The van der Waals surface area contributed by atoms with Crippen molar-refractivity contribution in [2.24, 2.45) is 0 Å². The summed E-state index contributed by atoms with van der Waals surface area (Å²) in [5.41, 5.74) is 1.38. The van der Waals surface area contributed by atoms with Gasteiger partial charge < -0.3 is 4.74 Å². The predicted molar refractivity (Wildman–Crippen MR) is 89.8 cm³/mol. The summed E-state index contributed by atoms with van der Waals surface area (Å²) in [5.74, 6) is 0.374. The van der Waals surface area contributed by atoms with E-state index < -0.39 is 6.10 Å². The van der Waals surface area contributed by atoms with E-state index in [9.17, 15) is 4.79 Å². The van der Waals surface area contributed by atoms with Gasteiger partial charge in [-0.1, -0.05) is 51.3 Å². The van der Waals surface area contributed by atoms with Crippen molar-refractivity contribution in [1.29, 1.82) is 0 Å². The molecule has 2 nitrogen and oxygen atoms in total. The monoisotopic (exact) mass is 386 g/mol. The van der Waals surface area contributed by atoms with Crippen LogP contribution >= 0.6 is 39.1 Å². The second-order valence-electron chi connectivity index (χ2n) is 4.67. The normalized spacial score (nSPS) is 12.0. The quantitative estimate of drug-likeness (QED) is 0.627. The lowest BCUT2D eigenvalue weighted by atomic mass is 10.1. The number of Topliss-reactive ketones (excluding diaryl/α,β-unsaturated/α-hetero) is 1. The summed E-state index contributed by atoms with van der Waals surface area (Å²) in [5, 5.41) is 0.985. The second kappa shape index (κ2) is 6.82. The molecule has 0 aliphatic heterocycles. The van der Waals surface area contributed by atoms with E-state index in [-0.39, 0.29) is 5.78 Å². The van der Waals surface area contributed by atoms with Crippen LogP contribution in [0.4, 0.5) is 0 Å². The van der Waals surface area contributed by atoms with E-state index in [1.165, 1.54) is 0 Å². The number of hydrogen-bond donors (Lipinski definition) is 0. The van der Waals surface area contributed by atoms with Crippen molar-refractivity contribution >= 4 is 44.9 Å². The van der Waals surface area contributed by atoms with E-state index in [1.54, 1.807) is 37.3 Å². The molecule has 110 valence electrons. The molecule has 2 rings (SSSR count). The van der Waals surface area contributed by atoms with E-state index in [0.717, 1.165) is 10.0 Å². The predicted octanol–water partition coefficient (Wildman–Crippen LogP) is 5.71. The van der Waals surface area contributed by atoms with Gasteiger partial charge in [-0.3, -0.25) is 4.79 Å². The second-order valence-corrected chi connectivity index (χ2v) is 6.43. The van der Waals surface area contributed by atoms with Crippen molar-refractivity contribution < 1.29 is 9.53 Å². The minimum absolute atomic E-state index is 0.143. The van der Waals surface area contributed by atoms with Gasteiger partial charge in [0.15, 0.2) is 6.10 Å². The first-order chi connectivity index (χ1) is 9.88. The zero-order valence-corrected chi connectivity index (χ0v) is 14.6. The van der Waals surface area contributed by atoms with Gasteiger partial charge in [-0.25, -0.2) is 0 Å². The number of ketones is 1. The molecule has 5 heteroatoms. The van der Waals surface area contributed by atoms with Crippen LogP contribution in [-0.4, -0.2) is 11.9 Å². The third kappa shape index (κ3) is 4.00. The molecule has 21 heavy (non-hydrogen) atoms. The summed E-state index contributed by atoms with van der Waals surface area (Å²) >= 11 is 15.4. The smallest absolute Gasteiger partial charge is 0.203 e. The lowest BCUT2D eigenvalue weighted by molar-refractivity contribution is 0.0817. The first kappa shape index (κ1) is 16.3. The van der Waals surface area contributed by atoms with Crippen molar-refractivity contribution in [3.05, 3.63) is 62.0 Å². The van der Waals surface area contributed by atoms with Crippen LogP contribution in [0.15, 0.2) is 40.9 Å². The molecular formula is C16H13BrCl2O2. The largest absolute Gasteiger partial charge is 0.481 e. The Bertz CT molecular complexity index is 663. The van der Waals surface area contributed by atoms with Crippen LogP contribution in [0.1, 0.15) is 22.8 Å². The Morgan fingerprint density at radius 2 is 1.95 bits per heavy atom. The number of carbonyl (C=O) groups is 1. The summed E-state index contributed by atoms with van der Waals surface area (Å²) in [6, 6.07) is 10.4. The summed E-state index contributed by atoms with van der Waals surface area (Å²) in [4.78, 5) is 12.4. The van der Waals surface area contributed by atoms with Crippen molar-refractivity contribution in [3.8, 4) is 5.75 Å². The highest BCUT2D eigenvalue weighted by molar-refractivity contribution is 9.10. The summed E-state index contributed by atoms with van der Waals surface area (Å²) < 4.78 is 6.61. The highest BCUT2D eigenvalue weighted by atomic mass is 79.9. The number of carbonyl (C=O) groups excluding carboxylic acids is 1. The molecular weight excluding hydrogens is 375 g/mol. The van der Waals surface area contributed by atoms with Gasteiger partial charge in [0.1, 0.15) is 5.75 Å². The van der Waals surface area contributed by atoms with E-state index in [2.05, 4.69) is 15.9 Å². The summed E-state index contributed by atoms with van der Waals surface area (Å²) in [6.07, 6.45) is -0.652. The van der Waals surface area contributed by atoms with Gasteiger partial charge in [-0.2, -0.15) is 0 Å². The van der Waals surface area contributed by atoms with Crippen LogP contribution in [0.2, 0.25) is 10.0 Å². The van der Waals surface area contributed by atoms with Gasteiger partial charge in [0, 0.05) is 15.1 Å². The van der Waals surface area contributed by atoms with E-state index in [1.807, 2.05) is 13.0 Å². The first-order valence-corrected chi connectivity index (χ1v) is 7.85. The van der Waals surface area contributed by atoms with Crippen molar-refractivity contribution in [2.75, 3.05) is 0 Å². The summed E-state index contributed by atoms with van der Waals surface area (Å²) in [7, 11) is 0. The third-order valence-electron chi connectivity index (χ3n) is 2.97. The fraction of sp³-hybridized carbons (Fsp3) is 0.188. The van der Waals surface area contributed by atoms with Gasteiger partial charge in [0.05, 0.1) is 5.02 Å². The number of rotatable bonds is 4. The number of ether oxygens (including phenoxy) is 1. The molecule has 1 unspecified atom stereocenters. The zero-order chi connectivity index (χ0) is 15.6. The number of halogens is 3. The maximum atomic E-state index is 12.4. The molecule has 0 bridgehead atoms. The van der Waals surface area contributed by atoms with Crippen LogP contribution < -0.4 is 4.74 Å². The van der Waals surface area contributed by atoms with Gasteiger partial charge in [0.25, 0.3) is 0 Å². The van der Waals surface area contributed by atoms with Crippen LogP contribution in [0.5, 0.6) is 5.75 Å². The van der Waals surface area contributed by atoms with Crippen molar-refractivity contribution in [2.45, 2.75) is 20.0 Å². The maximum absolute atomic E-state index is 12.4. The standard InChI is InChI=1S/C16H13BrCl2O2/c1-9-6-12(17)8-14(19)16(9)21-10(2)15(20)11-4-3-5-13(18)7-11/h3-8,10H,1-2H3. The van der Waals surface area contributed by atoms with Crippen LogP contribution in [-0.2, 0) is 0 Å². The van der Waals surface area contributed by atoms with Gasteiger partial charge in [-0.05, 0) is 43.7 Å². The maximum Gasteiger partial charge on any atom is 0.203 e. The number of benzene rings is 2. The SMILES string of the molecule is Cc1cc(Br)cc(Cl)c1OC(C)C(=O)c1cccc(Cl)c1. The third-order valence-corrected chi connectivity index (χ3v) is 3.94. The van der Waals surface area contributed by atoms with Crippen molar-refractivity contribution in [1.82, 2.24) is 0 Å². The molecule has 1 atom stereocenters.